The molecule has 0 atom stereocenters. The molecule has 0 amide bonds. The van der Waals surface area contributed by atoms with Gasteiger partial charge in [0, 0.05) is 5.92 Å². The van der Waals surface area contributed by atoms with E-state index in [0.29, 0.717) is 14.9 Å². The van der Waals surface area contributed by atoms with Gasteiger partial charge < -0.3 is 5.11 Å². The first-order chi connectivity index (χ1) is 8.90. The van der Waals surface area contributed by atoms with Crippen molar-refractivity contribution in [1.29, 1.82) is 0 Å². The highest BCUT2D eigenvalue weighted by molar-refractivity contribution is 9.10. The van der Waals surface area contributed by atoms with Crippen molar-refractivity contribution in [2.75, 3.05) is 0 Å². The van der Waals surface area contributed by atoms with Crippen molar-refractivity contribution in [3.05, 3.63) is 39.2 Å². The topological polar surface area (TPSA) is 50.2 Å². The van der Waals surface area contributed by atoms with E-state index in [-0.39, 0.29) is 11.6 Å². The van der Waals surface area contributed by atoms with E-state index < -0.39 is 11.8 Å². The van der Waals surface area contributed by atoms with E-state index in [0.717, 1.165) is 5.01 Å². The van der Waals surface area contributed by atoms with Gasteiger partial charge >= 0.3 is 5.97 Å². The van der Waals surface area contributed by atoms with Crippen molar-refractivity contribution in [1.82, 2.24) is 4.98 Å². The van der Waals surface area contributed by atoms with E-state index in [1.165, 1.54) is 17.4 Å². The fourth-order valence-corrected chi connectivity index (χ4v) is 2.86. The van der Waals surface area contributed by atoms with Gasteiger partial charge in [0.2, 0.25) is 0 Å². The second-order valence-corrected chi connectivity index (χ2v) is 6.20. The summed E-state index contributed by atoms with van der Waals surface area (Å²) in [5.74, 6) is -1.38. The van der Waals surface area contributed by atoms with Crippen LogP contribution in [0.15, 0.2) is 22.7 Å². The fourth-order valence-electron chi connectivity index (χ4n) is 1.56. The van der Waals surface area contributed by atoms with Crippen LogP contribution in [-0.2, 0) is 0 Å². The lowest BCUT2D eigenvalue weighted by Crippen LogP contribution is -1.99. The molecule has 0 aliphatic rings. The number of nitrogens with zero attached hydrogens (tertiary/aromatic N) is 1. The Morgan fingerprint density at radius 3 is 2.68 bits per heavy atom. The van der Waals surface area contributed by atoms with Gasteiger partial charge in [0.15, 0.2) is 5.69 Å². The lowest BCUT2D eigenvalue weighted by Gasteiger charge is -2.01. The molecule has 100 valence electrons. The molecule has 1 heterocycles. The number of thiazole rings is 1. The van der Waals surface area contributed by atoms with E-state index in [4.69, 9.17) is 0 Å². The van der Waals surface area contributed by atoms with Crippen LogP contribution in [-0.4, -0.2) is 16.1 Å². The van der Waals surface area contributed by atoms with Crippen molar-refractivity contribution in [3.8, 4) is 10.4 Å². The quantitative estimate of drug-likeness (QED) is 0.890. The standard InChI is InChI=1S/C13H11BrFNO2S/c1-6(2)12-16-10(13(17)18)11(19-12)7-3-4-8(14)9(15)5-7/h3-6H,1-2H3,(H,17,18). The first-order valence-electron chi connectivity index (χ1n) is 5.59. The minimum absolute atomic E-state index is 0.0181. The number of halogens is 2. The maximum absolute atomic E-state index is 13.6. The molecule has 1 aromatic carbocycles. The summed E-state index contributed by atoms with van der Waals surface area (Å²) in [6, 6.07) is 4.55. The van der Waals surface area contributed by atoms with Gasteiger partial charge in [-0.1, -0.05) is 19.9 Å². The first kappa shape index (κ1) is 14.1. The third-order valence-electron chi connectivity index (χ3n) is 2.52. The van der Waals surface area contributed by atoms with Gasteiger partial charge in [0.1, 0.15) is 5.82 Å². The summed E-state index contributed by atoms with van der Waals surface area (Å²) in [5.41, 5.74) is 0.512. The van der Waals surface area contributed by atoms with Crippen LogP contribution in [0.25, 0.3) is 10.4 Å². The zero-order valence-electron chi connectivity index (χ0n) is 10.3. The van der Waals surface area contributed by atoms with Crippen LogP contribution in [0, 0.1) is 5.82 Å². The first-order valence-corrected chi connectivity index (χ1v) is 7.20. The van der Waals surface area contributed by atoms with E-state index in [1.807, 2.05) is 13.8 Å². The van der Waals surface area contributed by atoms with Crippen LogP contribution in [0.4, 0.5) is 4.39 Å². The molecule has 0 saturated heterocycles. The van der Waals surface area contributed by atoms with Gasteiger partial charge in [-0.25, -0.2) is 14.2 Å². The summed E-state index contributed by atoms with van der Waals surface area (Å²) in [6.07, 6.45) is 0. The summed E-state index contributed by atoms with van der Waals surface area (Å²) in [5, 5.41) is 9.92. The Kier molecular flexibility index (Phi) is 4.01. The van der Waals surface area contributed by atoms with Gasteiger partial charge in [0.05, 0.1) is 14.4 Å². The Bertz CT molecular complexity index is 640. The van der Waals surface area contributed by atoms with Crippen LogP contribution in [0.2, 0.25) is 0 Å². The minimum atomic E-state index is -1.10. The molecular weight excluding hydrogens is 333 g/mol. The number of rotatable bonds is 3. The highest BCUT2D eigenvalue weighted by Crippen LogP contribution is 2.34. The number of hydrogen-bond acceptors (Lipinski definition) is 3. The molecule has 1 aromatic heterocycles. The number of carboxylic acids is 1. The lowest BCUT2D eigenvalue weighted by molar-refractivity contribution is 0.0692. The monoisotopic (exact) mass is 343 g/mol. The zero-order valence-corrected chi connectivity index (χ0v) is 12.7. The second-order valence-electron chi connectivity index (χ2n) is 4.32. The van der Waals surface area contributed by atoms with Gasteiger partial charge in [-0.3, -0.25) is 0 Å². The molecule has 0 saturated carbocycles. The Labute approximate surface area is 122 Å². The van der Waals surface area contributed by atoms with Crippen LogP contribution in [0.1, 0.15) is 35.3 Å². The van der Waals surface area contributed by atoms with Crippen molar-refractivity contribution >= 4 is 33.2 Å². The average Bonchev–Trinajstić information content (AvgIpc) is 2.78. The summed E-state index contributed by atoms with van der Waals surface area (Å²) < 4.78 is 13.9. The summed E-state index contributed by atoms with van der Waals surface area (Å²) in [7, 11) is 0. The highest BCUT2D eigenvalue weighted by atomic mass is 79.9. The molecule has 3 nitrogen and oxygen atoms in total. The molecule has 0 fully saturated rings. The van der Waals surface area contributed by atoms with Crippen LogP contribution in [0.5, 0.6) is 0 Å². The number of benzene rings is 1. The van der Waals surface area contributed by atoms with Crippen molar-refractivity contribution in [3.63, 3.8) is 0 Å². The molecule has 0 spiro atoms. The average molecular weight is 344 g/mol. The lowest BCUT2D eigenvalue weighted by atomic mass is 10.1. The molecule has 0 bridgehead atoms. The number of aromatic nitrogens is 1. The van der Waals surface area contributed by atoms with Crippen LogP contribution < -0.4 is 0 Å². The highest BCUT2D eigenvalue weighted by Gasteiger charge is 2.20. The van der Waals surface area contributed by atoms with Crippen molar-refractivity contribution < 1.29 is 14.3 Å². The minimum Gasteiger partial charge on any atom is -0.476 e. The maximum atomic E-state index is 13.6. The molecule has 2 aromatic rings. The summed E-state index contributed by atoms with van der Waals surface area (Å²) in [4.78, 5) is 15.8. The Morgan fingerprint density at radius 2 is 2.16 bits per heavy atom. The normalized spacial score (nSPS) is 11.0. The molecule has 0 radical (unpaired) electrons. The molecule has 0 aliphatic heterocycles. The Morgan fingerprint density at radius 1 is 1.47 bits per heavy atom. The van der Waals surface area contributed by atoms with Gasteiger partial charge in [-0.05, 0) is 33.6 Å². The number of carboxylic acid groups (broad SMARTS) is 1. The molecule has 0 unspecified atom stereocenters. The maximum Gasteiger partial charge on any atom is 0.356 e. The third-order valence-corrected chi connectivity index (χ3v) is 4.57. The van der Waals surface area contributed by atoms with Crippen LogP contribution >= 0.6 is 27.3 Å². The largest absolute Gasteiger partial charge is 0.476 e. The van der Waals surface area contributed by atoms with E-state index in [1.54, 1.807) is 12.1 Å². The smallest absolute Gasteiger partial charge is 0.356 e. The van der Waals surface area contributed by atoms with Gasteiger partial charge in [-0.2, -0.15) is 0 Å². The third kappa shape index (κ3) is 2.84. The van der Waals surface area contributed by atoms with Crippen molar-refractivity contribution in [2.45, 2.75) is 19.8 Å². The second kappa shape index (κ2) is 5.38. The molecular formula is C13H11BrFNO2S. The Balaban J connectivity index is 2.59. The van der Waals surface area contributed by atoms with Gasteiger partial charge in [-0.15, -0.1) is 11.3 Å². The molecule has 6 heteroatoms. The molecule has 0 aliphatic carbocycles. The number of aromatic carboxylic acids is 1. The van der Waals surface area contributed by atoms with Crippen LogP contribution in [0.3, 0.4) is 0 Å². The summed E-state index contributed by atoms with van der Waals surface area (Å²) in [6.45, 7) is 3.88. The summed E-state index contributed by atoms with van der Waals surface area (Å²) >= 11 is 4.36. The zero-order chi connectivity index (χ0) is 14.2. The SMILES string of the molecule is CC(C)c1nc(C(=O)O)c(-c2ccc(Br)c(F)c2)s1. The fraction of sp³-hybridized carbons (Fsp3) is 0.231. The number of carbonyl (C=O) groups is 1. The predicted octanol–water partition coefficient (Wildman–Crippen LogP) is 4.53. The predicted molar refractivity (Wildman–Crippen MR) is 76.3 cm³/mol. The Hall–Kier alpha value is -1.27. The number of hydrogen-bond donors (Lipinski definition) is 1. The molecule has 19 heavy (non-hydrogen) atoms. The van der Waals surface area contributed by atoms with Crippen molar-refractivity contribution in [2.24, 2.45) is 0 Å². The van der Waals surface area contributed by atoms with Gasteiger partial charge in [0.25, 0.3) is 0 Å². The molecule has 1 N–H and O–H groups in total. The molecule has 2 rings (SSSR count). The van der Waals surface area contributed by atoms with E-state index in [2.05, 4.69) is 20.9 Å². The van der Waals surface area contributed by atoms with E-state index >= 15 is 0 Å². The van der Waals surface area contributed by atoms with E-state index in [9.17, 15) is 14.3 Å².